The van der Waals surface area contributed by atoms with Crippen molar-refractivity contribution in [3.05, 3.63) is 90.0 Å². The first-order valence-corrected chi connectivity index (χ1v) is 16.5. The molecule has 2 heterocycles. The van der Waals surface area contributed by atoms with Crippen LogP contribution in [0.2, 0.25) is 0 Å². The number of amides is 1. The molecular formula is C35H40N4O2S. The Hall–Kier alpha value is -3.47. The molecule has 6 rings (SSSR count). The van der Waals surface area contributed by atoms with Crippen LogP contribution in [0.5, 0.6) is 0 Å². The summed E-state index contributed by atoms with van der Waals surface area (Å²) in [6.07, 6.45) is 7.07. The number of nitrogens with zero attached hydrogens (tertiary/aromatic N) is 3. The number of piperidine rings is 1. The Balaban J connectivity index is 1.01. The number of carbonyl (C=O) groups is 1. The summed E-state index contributed by atoms with van der Waals surface area (Å²) < 4.78 is 13.0. The first kappa shape index (κ1) is 28.6. The molecule has 1 saturated carbocycles. The van der Waals surface area contributed by atoms with E-state index in [2.05, 4.69) is 58.3 Å². The van der Waals surface area contributed by atoms with Gasteiger partial charge in [-0.3, -0.25) is 4.79 Å². The standard InChI is InChI=1S/C35H40N4O2S/c36-25-35(29-8-4-5-9-29,28-6-2-1-3-7-28)30-18-20-38(21-19-30)22-26-23-39(24-26)31-12-16-33(17-13-31)42(41)32-14-10-27(11-15-32)34(37)40/h1-3,6-7,10-17,26,29-30H,4-5,8-9,18-24H2,(H2,37,40). The highest BCUT2D eigenvalue weighted by atomic mass is 32.2. The second-order valence-electron chi connectivity index (χ2n) is 12.3. The third-order valence-electron chi connectivity index (χ3n) is 9.91. The van der Waals surface area contributed by atoms with Crippen LogP contribution in [0.1, 0.15) is 54.4 Å². The molecule has 0 bridgehead atoms. The van der Waals surface area contributed by atoms with Crippen LogP contribution >= 0.6 is 0 Å². The Kier molecular flexibility index (Phi) is 8.46. The van der Waals surface area contributed by atoms with Crippen molar-refractivity contribution < 1.29 is 9.00 Å². The zero-order valence-electron chi connectivity index (χ0n) is 24.2. The van der Waals surface area contributed by atoms with E-state index in [-0.39, 0.29) is 5.41 Å². The highest BCUT2D eigenvalue weighted by Gasteiger charge is 2.48. The normalized spacial score (nSPS) is 20.9. The monoisotopic (exact) mass is 580 g/mol. The number of primary amides is 1. The molecule has 2 N–H and O–H groups in total. The van der Waals surface area contributed by atoms with Crippen LogP contribution in [-0.2, 0) is 16.2 Å². The van der Waals surface area contributed by atoms with Crippen LogP contribution in [0.3, 0.4) is 0 Å². The van der Waals surface area contributed by atoms with E-state index in [1.165, 1.54) is 31.2 Å². The van der Waals surface area contributed by atoms with Gasteiger partial charge in [-0.1, -0.05) is 43.2 Å². The molecule has 42 heavy (non-hydrogen) atoms. The maximum atomic E-state index is 13.0. The van der Waals surface area contributed by atoms with Crippen molar-refractivity contribution in [2.75, 3.05) is 37.6 Å². The van der Waals surface area contributed by atoms with Crippen LogP contribution in [0.25, 0.3) is 0 Å². The molecule has 0 spiro atoms. The minimum atomic E-state index is -1.31. The molecule has 6 nitrogen and oxygen atoms in total. The molecule has 2 unspecified atom stereocenters. The van der Waals surface area contributed by atoms with Gasteiger partial charge in [0.25, 0.3) is 0 Å². The first-order chi connectivity index (χ1) is 20.5. The summed E-state index contributed by atoms with van der Waals surface area (Å²) in [5, 5.41) is 10.7. The number of anilines is 1. The number of nitrogens with two attached hydrogens (primary N) is 1. The first-order valence-electron chi connectivity index (χ1n) is 15.3. The van der Waals surface area contributed by atoms with Crippen LogP contribution in [-0.4, -0.2) is 47.7 Å². The lowest BCUT2D eigenvalue weighted by atomic mass is 9.60. The Morgan fingerprint density at radius 3 is 2.00 bits per heavy atom. The number of likely N-dealkylation sites (tertiary alicyclic amines) is 1. The van der Waals surface area contributed by atoms with Crippen LogP contribution in [0, 0.1) is 29.1 Å². The fourth-order valence-corrected chi connectivity index (χ4v) is 8.68. The molecule has 3 aliphatic rings. The minimum Gasteiger partial charge on any atom is -0.371 e. The third kappa shape index (κ3) is 5.63. The van der Waals surface area contributed by atoms with E-state index in [4.69, 9.17) is 5.73 Å². The van der Waals surface area contributed by atoms with E-state index in [9.17, 15) is 14.3 Å². The summed E-state index contributed by atoms with van der Waals surface area (Å²) in [5.41, 5.74) is 7.78. The van der Waals surface area contributed by atoms with Gasteiger partial charge in [-0.05, 0) is 105 Å². The van der Waals surface area contributed by atoms with E-state index in [1.54, 1.807) is 24.3 Å². The van der Waals surface area contributed by atoms with E-state index < -0.39 is 16.7 Å². The molecule has 1 amide bonds. The SMILES string of the molecule is N#CC(c1ccccc1)(C1CCCC1)C1CCN(CC2CN(c3ccc(S(=O)c4ccc(C(N)=O)cc4)cc3)C2)CC1. The van der Waals surface area contributed by atoms with E-state index in [0.717, 1.165) is 56.1 Å². The van der Waals surface area contributed by atoms with Gasteiger partial charge in [-0.15, -0.1) is 0 Å². The zero-order chi connectivity index (χ0) is 29.1. The number of benzene rings is 3. The van der Waals surface area contributed by atoms with Crippen molar-refractivity contribution in [2.45, 2.75) is 53.7 Å². The Bertz CT molecular complexity index is 1430. The quantitative estimate of drug-likeness (QED) is 0.348. The van der Waals surface area contributed by atoms with Gasteiger partial charge in [0.05, 0.1) is 22.3 Å². The molecule has 0 radical (unpaired) electrons. The second kappa shape index (κ2) is 12.4. The van der Waals surface area contributed by atoms with Crippen molar-refractivity contribution in [2.24, 2.45) is 23.5 Å². The van der Waals surface area contributed by atoms with Crippen molar-refractivity contribution in [1.29, 1.82) is 5.26 Å². The van der Waals surface area contributed by atoms with Crippen molar-refractivity contribution >= 4 is 22.4 Å². The molecule has 3 aromatic rings. The second-order valence-corrected chi connectivity index (χ2v) is 13.8. The van der Waals surface area contributed by atoms with Gasteiger partial charge in [0, 0.05) is 46.6 Å². The summed E-state index contributed by atoms with van der Waals surface area (Å²) in [5.74, 6) is 1.06. The van der Waals surface area contributed by atoms with Crippen LogP contribution in [0.15, 0.2) is 88.7 Å². The third-order valence-corrected chi connectivity index (χ3v) is 11.3. The molecule has 7 heteroatoms. The molecule has 3 fully saturated rings. The van der Waals surface area contributed by atoms with E-state index in [1.807, 2.05) is 12.1 Å². The molecule has 2 aliphatic heterocycles. The Labute approximate surface area is 252 Å². The lowest BCUT2D eigenvalue weighted by Crippen LogP contribution is -2.53. The molecule has 2 atom stereocenters. The number of rotatable bonds is 9. The maximum absolute atomic E-state index is 13.0. The molecule has 3 aromatic carbocycles. The minimum absolute atomic E-state index is 0.347. The smallest absolute Gasteiger partial charge is 0.248 e. The number of nitriles is 1. The van der Waals surface area contributed by atoms with E-state index in [0.29, 0.717) is 28.2 Å². The van der Waals surface area contributed by atoms with Gasteiger partial charge < -0.3 is 15.5 Å². The fraction of sp³-hybridized carbons (Fsp3) is 0.429. The Morgan fingerprint density at radius 2 is 1.43 bits per heavy atom. The van der Waals surface area contributed by atoms with Gasteiger partial charge in [0.2, 0.25) is 5.91 Å². The fourth-order valence-electron chi connectivity index (χ4n) is 7.64. The van der Waals surface area contributed by atoms with Crippen molar-refractivity contribution in [3.8, 4) is 6.07 Å². The predicted octanol–water partition coefficient (Wildman–Crippen LogP) is 5.75. The summed E-state index contributed by atoms with van der Waals surface area (Å²) in [4.78, 5) is 17.7. The molecule has 1 aliphatic carbocycles. The average Bonchev–Trinajstić information content (AvgIpc) is 3.56. The molecule has 218 valence electrons. The lowest BCUT2D eigenvalue weighted by molar-refractivity contribution is 0.1000. The van der Waals surface area contributed by atoms with Crippen LogP contribution < -0.4 is 10.6 Å². The predicted molar refractivity (Wildman–Crippen MR) is 167 cm³/mol. The highest BCUT2D eigenvalue weighted by molar-refractivity contribution is 7.85. The largest absolute Gasteiger partial charge is 0.371 e. The lowest BCUT2D eigenvalue weighted by Gasteiger charge is -2.47. The van der Waals surface area contributed by atoms with E-state index >= 15 is 0 Å². The van der Waals surface area contributed by atoms with Crippen molar-refractivity contribution in [1.82, 2.24) is 4.90 Å². The van der Waals surface area contributed by atoms with Gasteiger partial charge in [0.15, 0.2) is 0 Å². The van der Waals surface area contributed by atoms with Gasteiger partial charge in [-0.25, -0.2) is 4.21 Å². The van der Waals surface area contributed by atoms with Crippen LogP contribution in [0.4, 0.5) is 5.69 Å². The topological polar surface area (TPSA) is 90.4 Å². The zero-order valence-corrected chi connectivity index (χ0v) is 25.0. The summed E-state index contributed by atoms with van der Waals surface area (Å²) in [6.45, 7) is 5.33. The molecule has 0 aromatic heterocycles. The number of carbonyl (C=O) groups excluding carboxylic acids is 1. The number of hydrogen-bond acceptors (Lipinski definition) is 5. The van der Waals surface area contributed by atoms with Gasteiger partial charge >= 0.3 is 0 Å². The highest BCUT2D eigenvalue weighted by Crippen LogP contribution is 2.50. The molecule has 2 saturated heterocycles. The average molecular weight is 581 g/mol. The Morgan fingerprint density at radius 1 is 0.857 bits per heavy atom. The summed E-state index contributed by atoms with van der Waals surface area (Å²) in [7, 11) is -1.31. The maximum Gasteiger partial charge on any atom is 0.248 e. The summed E-state index contributed by atoms with van der Waals surface area (Å²) in [6, 6.07) is 28.2. The number of hydrogen-bond donors (Lipinski definition) is 1. The summed E-state index contributed by atoms with van der Waals surface area (Å²) >= 11 is 0. The van der Waals surface area contributed by atoms with Gasteiger partial charge in [0.1, 0.15) is 0 Å². The van der Waals surface area contributed by atoms with Gasteiger partial charge in [-0.2, -0.15) is 5.26 Å². The molecular weight excluding hydrogens is 540 g/mol. The van der Waals surface area contributed by atoms with Crippen molar-refractivity contribution in [3.63, 3.8) is 0 Å².